The first kappa shape index (κ1) is 14.0. The first-order valence-corrected chi connectivity index (χ1v) is 6.47. The summed E-state index contributed by atoms with van der Waals surface area (Å²) in [5, 5.41) is 3.08. The predicted octanol–water partition coefficient (Wildman–Crippen LogP) is 1.32. The van der Waals surface area contributed by atoms with E-state index in [4.69, 9.17) is 22.2 Å². The highest BCUT2D eigenvalue weighted by Gasteiger charge is 2.30. The molecule has 6 nitrogen and oxygen atoms in total. The molecule has 1 aliphatic heterocycles. The number of hydrazine groups is 1. The number of carbonyl (C=O) groups is 1. The first-order chi connectivity index (χ1) is 9.04. The van der Waals surface area contributed by atoms with Gasteiger partial charge in [0.2, 0.25) is 0 Å². The van der Waals surface area contributed by atoms with Gasteiger partial charge in [-0.05, 0) is 31.9 Å². The summed E-state index contributed by atoms with van der Waals surface area (Å²) in [4.78, 5) is 16.1. The highest BCUT2D eigenvalue weighted by molar-refractivity contribution is 6.33. The number of hydrogen-bond donors (Lipinski definition) is 3. The van der Waals surface area contributed by atoms with Crippen LogP contribution < -0.4 is 16.6 Å². The molecule has 0 aromatic carbocycles. The van der Waals surface area contributed by atoms with Gasteiger partial charge < -0.3 is 15.5 Å². The number of nitrogen functional groups attached to an aromatic ring is 1. The van der Waals surface area contributed by atoms with Crippen LogP contribution in [-0.4, -0.2) is 29.6 Å². The minimum Gasteiger partial charge on any atom is -0.373 e. The number of ether oxygens (including phenoxy) is 1. The van der Waals surface area contributed by atoms with Gasteiger partial charge in [-0.1, -0.05) is 11.6 Å². The molecule has 0 bridgehead atoms. The molecule has 4 N–H and O–H groups in total. The Morgan fingerprint density at radius 2 is 2.42 bits per heavy atom. The van der Waals surface area contributed by atoms with E-state index in [2.05, 4.69) is 15.7 Å². The van der Waals surface area contributed by atoms with Crippen LogP contribution in [-0.2, 0) is 4.74 Å². The molecule has 0 aliphatic carbocycles. The topological polar surface area (TPSA) is 89.3 Å². The average molecular weight is 285 g/mol. The third-order valence-electron chi connectivity index (χ3n) is 3.13. The van der Waals surface area contributed by atoms with E-state index in [0.29, 0.717) is 12.4 Å². The van der Waals surface area contributed by atoms with Crippen LogP contribution in [0.5, 0.6) is 0 Å². The summed E-state index contributed by atoms with van der Waals surface area (Å²) in [6.07, 6.45) is 1.94. The van der Waals surface area contributed by atoms with Crippen LogP contribution in [0.15, 0.2) is 12.1 Å². The number of carbonyl (C=O) groups excluding carboxylic acids is 1. The monoisotopic (exact) mass is 284 g/mol. The van der Waals surface area contributed by atoms with Crippen LogP contribution >= 0.6 is 11.6 Å². The maximum Gasteiger partial charge on any atom is 0.271 e. The molecule has 1 aromatic heterocycles. The van der Waals surface area contributed by atoms with Crippen LogP contribution in [0.4, 0.5) is 5.82 Å². The van der Waals surface area contributed by atoms with Crippen LogP contribution in [0, 0.1) is 0 Å². The smallest absolute Gasteiger partial charge is 0.271 e. The van der Waals surface area contributed by atoms with Gasteiger partial charge in [0, 0.05) is 13.2 Å². The Bertz CT molecular complexity index is 475. The second-order valence-electron chi connectivity index (χ2n) is 4.76. The molecule has 1 aromatic rings. The summed E-state index contributed by atoms with van der Waals surface area (Å²) >= 11 is 5.95. The lowest BCUT2D eigenvalue weighted by atomic mass is 10.0. The van der Waals surface area contributed by atoms with Crippen molar-refractivity contribution in [2.75, 3.05) is 18.6 Å². The molecule has 7 heteroatoms. The van der Waals surface area contributed by atoms with E-state index in [9.17, 15) is 4.79 Å². The Morgan fingerprint density at radius 1 is 1.63 bits per heavy atom. The molecule has 19 heavy (non-hydrogen) atoms. The predicted molar refractivity (Wildman–Crippen MR) is 73.0 cm³/mol. The van der Waals surface area contributed by atoms with Gasteiger partial charge in [0.25, 0.3) is 5.91 Å². The lowest BCUT2D eigenvalue weighted by Crippen LogP contribution is -2.40. The number of nitrogens with zero attached hydrogens (tertiary/aromatic N) is 1. The molecule has 1 amide bonds. The van der Waals surface area contributed by atoms with E-state index in [0.717, 1.165) is 19.4 Å². The number of halogens is 1. The van der Waals surface area contributed by atoms with Crippen molar-refractivity contribution in [3.63, 3.8) is 0 Å². The molecule has 2 rings (SSSR count). The standard InChI is InChI=1S/C12H17ClN4O2/c1-12(5-2-6-19-12)7-15-11(18)10-8(13)3-4-9(16-10)17-14/h3-4H,2,5-7,14H2,1H3,(H,15,18)(H,16,17). The van der Waals surface area contributed by atoms with E-state index in [1.54, 1.807) is 12.1 Å². The van der Waals surface area contributed by atoms with Crippen molar-refractivity contribution < 1.29 is 9.53 Å². The quantitative estimate of drug-likeness (QED) is 0.573. The Hall–Kier alpha value is -1.37. The summed E-state index contributed by atoms with van der Waals surface area (Å²) in [6.45, 7) is 3.15. The van der Waals surface area contributed by atoms with Gasteiger partial charge >= 0.3 is 0 Å². The molecule has 1 atom stereocenters. The maximum atomic E-state index is 12.1. The second-order valence-corrected chi connectivity index (χ2v) is 5.16. The average Bonchev–Trinajstić information content (AvgIpc) is 2.84. The van der Waals surface area contributed by atoms with Gasteiger partial charge in [-0.15, -0.1) is 0 Å². The molecule has 0 radical (unpaired) electrons. The number of hydrogen-bond acceptors (Lipinski definition) is 5. The third kappa shape index (κ3) is 3.34. The van der Waals surface area contributed by atoms with Crippen molar-refractivity contribution in [2.24, 2.45) is 5.84 Å². The molecule has 1 unspecified atom stereocenters. The Balaban J connectivity index is 2.03. The van der Waals surface area contributed by atoms with Crippen molar-refractivity contribution in [2.45, 2.75) is 25.4 Å². The van der Waals surface area contributed by atoms with E-state index in [-0.39, 0.29) is 22.2 Å². The normalized spacial score (nSPS) is 22.3. The van der Waals surface area contributed by atoms with Gasteiger partial charge in [-0.2, -0.15) is 0 Å². The van der Waals surface area contributed by atoms with Gasteiger partial charge in [-0.25, -0.2) is 10.8 Å². The first-order valence-electron chi connectivity index (χ1n) is 6.09. The number of anilines is 1. The summed E-state index contributed by atoms with van der Waals surface area (Å²) in [7, 11) is 0. The van der Waals surface area contributed by atoms with Gasteiger partial charge in [0.1, 0.15) is 11.5 Å². The zero-order chi connectivity index (χ0) is 13.9. The number of aromatic nitrogens is 1. The number of pyridine rings is 1. The van der Waals surface area contributed by atoms with Crippen LogP contribution in [0.1, 0.15) is 30.3 Å². The lowest BCUT2D eigenvalue weighted by molar-refractivity contribution is 0.0205. The summed E-state index contributed by atoms with van der Waals surface area (Å²) in [5.74, 6) is 5.31. The molecule has 1 fully saturated rings. The SMILES string of the molecule is CC1(CNC(=O)c2nc(NN)ccc2Cl)CCCO1. The fraction of sp³-hybridized carbons (Fsp3) is 0.500. The number of nitrogens with two attached hydrogens (primary N) is 1. The fourth-order valence-corrected chi connectivity index (χ4v) is 2.20. The molecule has 0 saturated carbocycles. The molecule has 1 aliphatic rings. The number of rotatable bonds is 4. The van der Waals surface area contributed by atoms with E-state index in [1.807, 2.05) is 6.92 Å². The molecular weight excluding hydrogens is 268 g/mol. The molecule has 104 valence electrons. The molecule has 0 spiro atoms. The highest BCUT2D eigenvalue weighted by atomic mass is 35.5. The van der Waals surface area contributed by atoms with Crippen molar-refractivity contribution >= 4 is 23.3 Å². The third-order valence-corrected chi connectivity index (χ3v) is 3.44. The maximum absolute atomic E-state index is 12.1. The van der Waals surface area contributed by atoms with Crippen LogP contribution in [0.3, 0.4) is 0 Å². The van der Waals surface area contributed by atoms with E-state index < -0.39 is 0 Å². The Kier molecular flexibility index (Phi) is 4.24. The van der Waals surface area contributed by atoms with Crippen molar-refractivity contribution in [1.29, 1.82) is 0 Å². The van der Waals surface area contributed by atoms with Gasteiger partial charge in [0.15, 0.2) is 0 Å². The molecule has 1 saturated heterocycles. The number of amides is 1. The zero-order valence-electron chi connectivity index (χ0n) is 10.7. The largest absolute Gasteiger partial charge is 0.373 e. The number of nitrogens with one attached hydrogen (secondary N) is 2. The van der Waals surface area contributed by atoms with Crippen molar-refractivity contribution in [3.8, 4) is 0 Å². The highest BCUT2D eigenvalue weighted by Crippen LogP contribution is 2.24. The Morgan fingerprint density at radius 3 is 3.05 bits per heavy atom. The minimum absolute atomic E-state index is 0.152. The fourth-order valence-electron chi connectivity index (χ4n) is 2.01. The summed E-state index contributed by atoms with van der Waals surface area (Å²) in [6, 6.07) is 3.17. The Labute approximate surface area is 116 Å². The van der Waals surface area contributed by atoms with Crippen LogP contribution in [0.2, 0.25) is 5.02 Å². The molecule has 2 heterocycles. The second kappa shape index (κ2) is 5.73. The zero-order valence-corrected chi connectivity index (χ0v) is 11.5. The summed E-state index contributed by atoms with van der Waals surface area (Å²) < 4.78 is 5.60. The van der Waals surface area contributed by atoms with E-state index in [1.165, 1.54) is 0 Å². The van der Waals surface area contributed by atoms with Gasteiger partial charge in [-0.3, -0.25) is 4.79 Å². The minimum atomic E-state index is -0.334. The van der Waals surface area contributed by atoms with Crippen molar-refractivity contribution in [1.82, 2.24) is 10.3 Å². The van der Waals surface area contributed by atoms with E-state index >= 15 is 0 Å². The van der Waals surface area contributed by atoms with Gasteiger partial charge in [0.05, 0.1) is 10.6 Å². The van der Waals surface area contributed by atoms with Crippen LogP contribution in [0.25, 0.3) is 0 Å². The van der Waals surface area contributed by atoms with Crippen molar-refractivity contribution in [3.05, 3.63) is 22.8 Å². The molecular formula is C12H17ClN4O2. The summed E-state index contributed by atoms with van der Waals surface area (Å²) in [5.41, 5.74) is 2.23. The lowest BCUT2D eigenvalue weighted by Gasteiger charge is -2.23.